The largest absolute Gasteiger partial charge is 0.354 e. The van der Waals surface area contributed by atoms with Crippen LogP contribution in [-0.2, 0) is 9.53 Å². The molecule has 3 heterocycles. The Bertz CT molecular complexity index is 389. The van der Waals surface area contributed by atoms with Crippen molar-refractivity contribution in [3.8, 4) is 0 Å². The fourth-order valence-corrected chi connectivity index (χ4v) is 3.55. The van der Waals surface area contributed by atoms with E-state index in [1.54, 1.807) is 0 Å². The zero-order valence-corrected chi connectivity index (χ0v) is 11.3. The number of hydrogen-bond donors (Lipinski definition) is 0. The van der Waals surface area contributed by atoms with E-state index in [1.165, 1.54) is 5.57 Å². The second kappa shape index (κ2) is 4.35. The molecule has 4 nitrogen and oxygen atoms in total. The van der Waals surface area contributed by atoms with Gasteiger partial charge in [0.15, 0.2) is 5.72 Å². The van der Waals surface area contributed by atoms with E-state index in [0.29, 0.717) is 6.42 Å². The number of rotatable bonds is 2. The molecule has 3 fully saturated rings. The summed E-state index contributed by atoms with van der Waals surface area (Å²) >= 11 is 0. The highest BCUT2D eigenvalue weighted by Gasteiger charge is 2.60. The van der Waals surface area contributed by atoms with E-state index in [-0.39, 0.29) is 17.7 Å². The zero-order valence-electron chi connectivity index (χ0n) is 11.3. The maximum Gasteiger partial charge on any atom is 0.226 e. The van der Waals surface area contributed by atoms with E-state index in [2.05, 4.69) is 24.8 Å². The normalized spacial score (nSPS) is 35.6. The molecule has 3 saturated heterocycles. The summed E-state index contributed by atoms with van der Waals surface area (Å²) in [5, 5.41) is 0. The summed E-state index contributed by atoms with van der Waals surface area (Å²) in [6.45, 7) is 7.91. The van der Waals surface area contributed by atoms with Crippen LogP contribution in [0.2, 0.25) is 0 Å². The van der Waals surface area contributed by atoms with Crippen molar-refractivity contribution >= 4 is 5.91 Å². The van der Waals surface area contributed by atoms with Gasteiger partial charge in [0, 0.05) is 32.5 Å². The number of ether oxygens (including phenoxy) is 1. The molecule has 2 atom stereocenters. The van der Waals surface area contributed by atoms with E-state index < -0.39 is 0 Å². The first-order valence-corrected chi connectivity index (χ1v) is 6.95. The highest BCUT2D eigenvalue weighted by molar-refractivity contribution is 5.81. The number of hydrogen-bond acceptors (Lipinski definition) is 3. The summed E-state index contributed by atoms with van der Waals surface area (Å²) < 4.78 is 6.06. The van der Waals surface area contributed by atoms with Gasteiger partial charge in [0.05, 0.1) is 12.6 Å². The second-order valence-corrected chi connectivity index (χ2v) is 5.84. The van der Waals surface area contributed by atoms with Gasteiger partial charge >= 0.3 is 0 Å². The molecule has 0 aromatic rings. The van der Waals surface area contributed by atoms with Gasteiger partial charge in [-0.2, -0.15) is 0 Å². The van der Waals surface area contributed by atoms with E-state index >= 15 is 0 Å². The molecular formula is C14H22N2O2. The van der Waals surface area contributed by atoms with Crippen LogP contribution >= 0.6 is 0 Å². The number of amides is 1. The fraction of sp³-hybridized carbons (Fsp3) is 0.786. The van der Waals surface area contributed by atoms with Gasteiger partial charge in [0.25, 0.3) is 0 Å². The minimum atomic E-state index is -0.287. The molecule has 3 rings (SSSR count). The second-order valence-electron chi connectivity index (χ2n) is 5.84. The summed E-state index contributed by atoms with van der Waals surface area (Å²) in [6, 6.07) is 0.265. The Morgan fingerprint density at radius 1 is 1.50 bits per heavy atom. The minimum Gasteiger partial charge on any atom is -0.354 e. The smallest absolute Gasteiger partial charge is 0.226 e. The highest BCUT2D eigenvalue weighted by Crippen LogP contribution is 2.44. The van der Waals surface area contributed by atoms with Crippen molar-refractivity contribution in [1.29, 1.82) is 0 Å². The van der Waals surface area contributed by atoms with Crippen molar-refractivity contribution in [1.82, 2.24) is 9.80 Å². The first kappa shape index (κ1) is 12.2. The SMILES string of the molecule is CC(C)=CCN1CC[C@@]23OCCCN2C(=O)C[C@@H]13. The average molecular weight is 250 g/mol. The lowest BCUT2D eigenvalue weighted by molar-refractivity contribution is -0.180. The van der Waals surface area contributed by atoms with Crippen LogP contribution in [0.15, 0.2) is 11.6 Å². The lowest BCUT2D eigenvalue weighted by Gasteiger charge is -2.42. The number of nitrogens with zero attached hydrogens (tertiary/aromatic N) is 2. The summed E-state index contributed by atoms with van der Waals surface area (Å²) in [5.41, 5.74) is 1.05. The van der Waals surface area contributed by atoms with E-state index in [9.17, 15) is 4.79 Å². The highest BCUT2D eigenvalue weighted by atomic mass is 16.5. The number of allylic oxidation sites excluding steroid dienone is 1. The first-order chi connectivity index (χ1) is 8.63. The van der Waals surface area contributed by atoms with Crippen LogP contribution in [0, 0.1) is 0 Å². The number of carbonyl (C=O) groups excluding carboxylic acids is 1. The predicted octanol–water partition coefficient (Wildman–Crippen LogP) is 1.38. The Morgan fingerprint density at radius 2 is 2.33 bits per heavy atom. The van der Waals surface area contributed by atoms with Crippen LogP contribution in [0.25, 0.3) is 0 Å². The quantitative estimate of drug-likeness (QED) is 0.694. The summed E-state index contributed by atoms with van der Waals surface area (Å²) in [4.78, 5) is 16.5. The molecule has 4 heteroatoms. The summed E-state index contributed by atoms with van der Waals surface area (Å²) in [5.74, 6) is 0.279. The monoisotopic (exact) mass is 250 g/mol. The Kier molecular flexibility index (Phi) is 2.94. The average Bonchev–Trinajstić information content (AvgIpc) is 2.80. The van der Waals surface area contributed by atoms with Gasteiger partial charge in [0.2, 0.25) is 5.91 Å². The van der Waals surface area contributed by atoms with Gasteiger partial charge in [0.1, 0.15) is 0 Å². The van der Waals surface area contributed by atoms with Gasteiger partial charge in [-0.3, -0.25) is 9.69 Å². The molecule has 0 unspecified atom stereocenters. The Morgan fingerprint density at radius 3 is 3.11 bits per heavy atom. The lowest BCUT2D eigenvalue weighted by Crippen LogP contribution is -2.56. The van der Waals surface area contributed by atoms with Gasteiger partial charge < -0.3 is 9.64 Å². The third-order valence-electron chi connectivity index (χ3n) is 4.46. The third-order valence-corrected chi connectivity index (χ3v) is 4.46. The Balaban J connectivity index is 1.81. The molecule has 18 heavy (non-hydrogen) atoms. The summed E-state index contributed by atoms with van der Waals surface area (Å²) in [6.07, 6.45) is 4.83. The van der Waals surface area contributed by atoms with Crippen LogP contribution in [0.4, 0.5) is 0 Å². The molecule has 3 aliphatic rings. The molecule has 1 spiro atoms. The molecule has 0 N–H and O–H groups in total. The maximum atomic E-state index is 12.1. The van der Waals surface area contributed by atoms with E-state index in [0.717, 1.165) is 39.1 Å². The van der Waals surface area contributed by atoms with Crippen LogP contribution in [-0.4, -0.2) is 53.7 Å². The predicted molar refractivity (Wildman–Crippen MR) is 69.0 cm³/mol. The molecule has 0 bridgehead atoms. The Labute approximate surface area is 109 Å². The van der Waals surface area contributed by atoms with Gasteiger partial charge in [-0.25, -0.2) is 0 Å². The molecule has 0 saturated carbocycles. The molecule has 0 aliphatic carbocycles. The van der Waals surface area contributed by atoms with Crippen LogP contribution in [0.1, 0.15) is 33.1 Å². The van der Waals surface area contributed by atoms with Crippen molar-refractivity contribution in [2.24, 2.45) is 0 Å². The van der Waals surface area contributed by atoms with Crippen molar-refractivity contribution in [3.05, 3.63) is 11.6 Å². The van der Waals surface area contributed by atoms with Crippen molar-refractivity contribution in [2.45, 2.75) is 44.9 Å². The topological polar surface area (TPSA) is 32.8 Å². The van der Waals surface area contributed by atoms with Crippen molar-refractivity contribution in [3.63, 3.8) is 0 Å². The van der Waals surface area contributed by atoms with E-state index in [1.807, 2.05) is 4.90 Å². The van der Waals surface area contributed by atoms with Gasteiger partial charge in [-0.1, -0.05) is 11.6 Å². The lowest BCUT2D eigenvalue weighted by atomic mass is 10.0. The van der Waals surface area contributed by atoms with Gasteiger partial charge in [-0.15, -0.1) is 0 Å². The maximum absolute atomic E-state index is 12.1. The molecular weight excluding hydrogens is 228 g/mol. The fourth-order valence-electron chi connectivity index (χ4n) is 3.55. The minimum absolute atomic E-state index is 0.265. The Hall–Kier alpha value is -0.870. The van der Waals surface area contributed by atoms with Crippen LogP contribution in [0.5, 0.6) is 0 Å². The first-order valence-electron chi connectivity index (χ1n) is 6.95. The van der Waals surface area contributed by atoms with Crippen LogP contribution in [0.3, 0.4) is 0 Å². The molecule has 1 amide bonds. The molecule has 3 aliphatic heterocycles. The standard InChI is InChI=1S/C14H22N2O2/c1-11(2)4-7-15-8-5-14-12(15)10-13(17)16(14)6-3-9-18-14/h4,12H,3,5-10H2,1-2H3/t12-,14+/m1/s1. The number of carbonyl (C=O) groups is 1. The molecule has 0 radical (unpaired) electrons. The van der Waals surface area contributed by atoms with Gasteiger partial charge in [-0.05, 0) is 20.3 Å². The molecule has 0 aromatic heterocycles. The van der Waals surface area contributed by atoms with E-state index in [4.69, 9.17) is 4.74 Å². The van der Waals surface area contributed by atoms with Crippen LogP contribution < -0.4 is 0 Å². The van der Waals surface area contributed by atoms with Crippen molar-refractivity contribution in [2.75, 3.05) is 26.2 Å². The summed E-state index contributed by atoms with van der Waals surface area (Å²) in [7, 11) is 0. The van der Waals surface area contributed by atoms with Crippen molar-refractivity contribution < 1.29 is 9.53 Å². The third kappa shape index (κ3) is 1.70. The number of likely N-dealkylation sites (tertiary alicyclic amines) is 1. The zero-order chi connectivity index (χ0) is 12.8. The molecule has 0 aromatic carbocycles. The molecule has 100 valence electrons.